The van der Waals surface area contributed by atoms with Crippen LogP contribution in [0.3, 0.4) is 0 Å². The zero-order valence-electron chi connectivity index (χ0n) is 12.4. The van der Waals surface area contributed by atoms with Gasteiger partial charge in [-0.3, -0.25) is 0 Å². The summed E-state index contributed by atoms with van der Waals surface area (Å²) in [5.74, 6) is 0. The van der Waals surface area contributed by atoms with Crippen LogP contribution in [0.5, 0.6) is 0 Å². The molecule has 0 bridgehead atoms. The van der Waals surface area contributed by atoms with E-state index in [1.807, 2.05) is 26.1 Å². The molecule has 0 radical (unpaired) electrons. The zero-order chi connectivity index (χ0) is 15.4. The van der Waals surface area contributed by atoms with E-state index in [1.165, 1.54) is 0 Å². The normalized spacial score (nSPS) is 11.1. The van der Waals surface area contributed by atoms with Crippen LogP contribution in [0.25, 0.3) is 5.65 Å². The average Bonchev–Trinajstić information content (AvgIpc) is 2.79. The fourth-order valence-corrected chi connectivity index (χ4v) is 2.26. The molecule has 114 valence electrons. The zero-order valence-corrected chi connectivity index (χ0v) is 14.0. The fraction of sp³-hybridized carbons (Fsp3) is 0.500. The average molecular weight is 355 g/mol. The number of ether oxygens (including phenoxy) is 1. The van der Waals surface area contributed by atoms with Crippen molar-refractivity contribution in [2.45, 2.75) is 32.8 Å². The van der Waals surface area contributed by atoms with Gasteiger partial charge in [0, 0.05) is 25.5 Å². The monoisotopic (exact) mass is 354 g/mol. The number of fused-ring (bicyclic) bond motifs is 1. The second-order valence-corrected chi connectivity index (χ2v) is 5.99. The molecule has 2 rings (SSSR count). The lowest BCUT2D eigenvalue weighted by Crippen LogP contribution is -2.30. The number of rotatable bonds is 5. The first kappa shape index (κ1) is 15.8. The van der Waals surface area contributed by atoms with E-state index in [1.54, 1.807) is 22.7 Å². The summed E-state index contributed by atoms with van der Waals surface area (Å²) < 4.78 is 7.73. The van der Waals surface area contributed by atoms with E-state index >= 15 is 0 Å². The van der Waals surface area contributed by atoms with Gasteiger partial charge in [-0.15, -0.1) is 0 Å². The van der Waals surface area contributed by atoms with E-state index in [2.05, 4.69) is 26.0 Å². The van der Waals surface area contributed by atoms with Crippen molar-refractivity contribution in [1.29, 1.82) is 0 Å². The van der Waals surface area contributed by atoms with Crippen molar-refractivity contribution < 1.29 is 9.53 Å². The fourth-order valence-electron chi connectivity index (χ4n) is 1.90. The van der Waals surface area contributed by atoms with Crippen LogP contribution in [0.2, 0.25) is 0 Å². The van der Waals surface area contributed by atoms with Gasteiger partial charge in [-0.05, 0) is 48.7 Å². The molecule has 0 unspecified atom stereocenters. The minimum Gasteiger partial charge on any atom is -0.447 e. The third-order valence-electron chi connectivity index (χ3n) is 2.96. The Morgan fingerprint density at radius 3 is 3.00 bits per heavy atom. The number of hydrogen-bond acceptors (Lipinski definition) is 4. The summed E-state index contributed by atoms with van der Waals surface area (Å²) in [4.78, 5) is 17.8. The highest BCUT2D eigenvalue weighted by Crippen LogP contribution is 2.15. The van der Waals surface area contributed by atoms with Gasteiger partial charge in [-0.2, -0.15) is 5.10 Å². The lowest BCUT2D eigenvalue weighted by Gasteiger charge is -2.18. The van der Waals surface area contributed by atoms with E-state index in [0.717, 1.165) is 28.7 Å². The molecule has 0 saturated heterocycles. The highest BCUT2D eigenvalue weighted by atomic mass is 79.9. The van der Waals surface area contributed by atoms with Gasteiger partial charge in [0.1, 0.15) is 0 Å². The number of amides is 1. The second kappa shape index (κ2) is 6.89. The van der Waals surface area contributed by atoms with E-state index < -0.39 is 0 Å². The molecule has 1 amide bonds. The standard InChI is InChI=1S/C14H19BrN4O2/c1-10(2)21-14(20)18(3)7-4-5-11-6-8-19-13(17-11)12(15)9-16-19/h6,8-10H,4-5,7H2,1-3H3. The number of nitrogens with zero attached hydrogens (tertiary/aromatic N) is 4. The van der Waals surface area contributed by atoms with Gasteiger partial charge in [0.05, 0.1) is 16.8 Å². The molecule has 6 nitrogen and oxygen atoms in total. The molecule has 0 aliphatic carbocycles. The minimum absolute atomic E-state index is 0.0942. The first-order chi connectivity index (χ1) is 9.97. The SMILES string of the molecule is CC(C)OC(=O)N(C)CCCc1ccn2ncc(Br)c2n1. The Kier molecular flexibility index (Phi) is 5.17. The van der Waals surface area contributed by atoms with Crippen molar-refractivity contribution in [3.8, 4) is 0 Å². The first-order valence-electron chi connectivity index (χ1n) is 6.88. The number of aromatic nitrogens is 3. The van der Waals surface area contributed by atoms with Crippen LogP contribution < -0.4 is 0 Å². The smallest absolute Gasteiger partial charge is 0.409 e. The quantitative estimate of drug-likeness (QED) is 0.828. The summed E-state index contributed by atoms with van der Waals surface area (Å²) in [7, 11) is 1.74. The van der Waals surface area contributed by atoms with Crippen LogP contribution in [0, 0.1) is 0 Å². The summed E-state index contributed by atoms with van der Waals surface area (Å²) in [6, 6.07) is 1.94. The molecule has 2 aromatic rings. The largest absolute Gasteiger partial charge is 0.447 e. The van der Waals surface area contributed by atoms with Gasteiger partial charge in [-0.25, -0.2) is 14.3 Å². The summed E-state index contributed by atoms with van der Waals surface area (Å²) in [5, 5.41) is 4.16. The lowest BCUT2D eigenvalue weighted by atomic mass is 10.2. The van der Waals surface area contributed by atoms with Crippen LogP contribution in [0.15, 0.2) is 22.9 Å². The van der Waals surface area contributed by atoms with Gasteiger partial charge >= 0.3 is 6.09 Å². The minimum atomic E-state index is -0.285. The van der Waals surface area contributed by atoms with E-state index in [0.29, 0.717) is 6.54 Å². The molecule has 0 aliphatic heterocycles. The molecule has 0 aromatic carbocycles. The van der Waals surface area contributed by atoms with Crippen LogP contribution in [0.1, 0.15) is 26.0 Å². The number of carbonyl (C=O) groups excluding carboxylic acids is 1. The molecule has 2 heterocycles. The van der Waals surface area contributed by atoms with Crippen LogP contribution in [-0.4, -0.2) is 45.3 Å². The number of aryl methyl sites for hydroxylation is 1. The third-order valence-corrected chi connectivity index (χ3v) is 3.52. The molecule has 0 spiro atoms. The van der Waals surface area contributed by atoms with Crippen LogP contribution in [-0.2, 0) is 11.2 Å². The van der Waals surface area contributed by atoms with Crippen molar-refractivity contribution in [3.63, 3.8) is 0 Å². The lowest BCUT2D eigenvalue weighted by molar-refractivity contribution is 0.0838. The molecule has 0 N–H and O–H groups in total. The molecule has 7 heteroatoms. The Morgan fingerprint density at radius 2 is 2.29 bits per heavy atom. The van der Waals surface area contributed by atoms with Crippen molar-refractivity contribution in [1.82, 2.24) is 19.5 Å². The van der Waals surface area contributed by atoms with Crippen LogP contribution >= 0.6 is 15.9 Å². The maximum Gasteiger partial charge on any atom is 0.409 e. The van der Waals surface area contributed by atoms with Gasteiger partial charge < -0.3 is 9.64 Å². The maximum absolute atomic E-state index is 11.7. The molecule has 21 heavy (non-hydrogen) atoms. The van der Waals surface area contributed by atoms with E-state index in [-0.39, 0.29) is 12.2 Å². The Hall–Kier alpha value is -1.63. The molecular weight excluding hydrogens is 336 g/mol. The Bertz CT molecular complexity index is 626. The number of halogens is 1. The van der Waals surface area contributed by atoms with Gasteiger partial charge in [0.2, 0.25) is 0 Å². The molecule has 0 atom stereocenters. The molecule has 0 fully saturated rings. The van der Waals surface area contributed by atoms with Gasteiger partial charge in [0.25, 0.3) is 0 Å². The van der Waals surface area contributed by atoms with Crippen LogP contribution in [0.4, 0.5) is 4.79 Å². The topological polar surface area (TPSA) is 59.7 Å². The molecule has 0 saturated carbocycles. The first-order valence-corrected chi connectivity index (χ1v) is 7.67. The van der Waals surface area contributed by atoms with E-state index in [4.69, 9.17) is 4.74 Å². The van der Waals surface area contributed by atoms with E-state index in [9.17, 15) is 4.79 Å². The summed E-state index contributed by atoms with van der Waals surface area (Å²) >= 11 is 3.42. The Morgan fingerprint density at radius 1 is 1.52 bits per heavy atom. The van der Waals surface area contributed by atoms with Gasteiger partial charge in [0.15, 0.2) is 5.65 Å². The van der Waals surface area contributed by atoms with Crippen molar-refractivity contribution in [3.05, 3.63) is 28.6 Å². The third kappa shape index (κ3) is 4.17. The predicted octanol–water partition coefficient (Wildman–Crippen LogP) is 2.90. The molecule has 0 aliphatic rings. The predicted molar refractivity (Wildman–Crippen MR) is 83.3 cm³/mol. The van der Waals surface area contributed by atoms with Crippen molar-refractivity contribution in [2.75, 3.05) is 13.6 Å². The Balaban J connectivity index is 1.87. The highest BCUT2D eigenvalue weighted by Gasteiger charge is 2.11. The Labute approximate surface area is 132 Å². The molecular formula is C14H19BrN4O2. The highest BCUT2D eigenvalue weighted by molar-refractivity contribution is 9.10. The van der Waals surface area contributed by atoms with Gasteiger partial charge in [-0.1, -0.05) is 0 Å². The molecule has 2 aromatic heterocycles. The number of carbonyl (C=O) groups is 1. The summed E-state index contributed by atoms with van der Waals surface area (Å²) in [6.45, 7) is 4.32. The van der Waals surface area contributed by atoms with Crippen molar-refractivity contribution >= 4 is 27.7 Å². The van der Waals surface area contributed by atoms with Crippen molar-refractivity contribution in [2.24, 2.45) is 0 Å². The summed E-state index contributed by atoms with van der Waals surface area (Å²) in [6.07, 6.45) is 4.86. The number of hydrogen-bond donors (Lipinski definition) is 0. The summed E-state index contributed by atoms with van der Waals surface area (Å²) in [5.41, 5.74) is 1.79. The maximum atomic E-state index is 11.7. The second-order valence-electron chi connectivity index (χ2n) is 5.14.